The molecule has 0 fully saturated rings. The van der Waals surface area contributed by atoms with E-state index in [1.165, 1.54) is 30.5 Å². The summed E-state index contributed by atoms with van der Waals surface area (Å²) in [5.41, 5.74) is 1.14. The fraction of sp³-hybridized carbons (Fsp3) is 0.417. The highest BCUT2D eigenvalue weighted by atomic mass is 32.2. The van der Waals surface area contributed by atoms with Gasteiger partial charge in [0, 0.05) is 27.2 Å². The topological polar surface area (TPSA) is 86.7 Å². The lowest BCUT2D eigenvalue weighted by molar-refractivity contribution is 0.0697. The molecule has 6 nitrogen and oxygen atoms in total. The first kappa shape index (κ1) is 15.6. The highest BCUT2D eigenvalue weighted by Crippen LogP contribution is 2.04. The summed E-state index contributed by atoms with van der Waals surface area (Å²) in [6.07, 6.45) is 0. The Bertz CT molecular complexity index is 523. The zero-order valence-corrected chi connectivity index (χ0v) is 11.8. The van der Waals surface area contributed by atoms with Crippen LogP contribution in [0.2, 0.25) is 0 Å². The first-order valence-electron chi connectivity index (χ1n) is 5.76. The normalized spacial score (nSPS) is 11.7. The molecule has 106 valence electrons. The summed E-state index contributed by atoms with van der Waals surface area (Å²) in [4.78, 5) is 10.7. The van der Waals surface area contributed by atoms with E-state index in [2.05, 4.69) is 5.32 Å². The molecule has 0 heterocycles. The molecule has 0 spiro atoms. The molecule has 0 atom stereocenters. The number of carboxylic acid groups (broad SMARTS) is 1. The summed E-state index contributed by atoms with van der Waals surface area (Å²) in [5, 5.41) is 11.8. The van der Waals surface area contributed by atoms with E-state index in [0.29, 0.717) is 13.1 Å². The maximum absolute atomic E-state index is 11.5. The minimum atomic E-state index is -3.18. The molecule has 0 aliphatic heterocycles. The highest BCUT2D eigenvalue weighted by molar-refractivity contribution is 7.89. The van der Waals surface area contributed by atoms with Gasteiger partial charge < -0.3 is 10.4 Å². The number of benzene rings is 1. The van der Waals surface area contributed by atoms with E-state index in [-0.39, 0.29) is 11.3 Å². The van der Waals surface area contributed by atoms with Gasteiger partial charge in [0.05, 0.1) is 11.3 Å². The standard InChI is InChI=1S/C12H18N2O4S/c1-14(2)19(17,18)8-7-13-9-10-3-5-11(6-4-10)12(15)16/h3-6,13H,7-9H2,1-2H3,(H,15,16). The number of nitrogens with one attached hydrogen (secondary N) is 1. The van der Waals surface area contributed by atoms with Crippen molar-refractivity contribution >= 4 is 16.0 Å². The van der Waals surface area contributed by atoms with Crippen molar-refractivity contribution in [2.45, 2.75) is 6.54 Å². The van der Waals surface area contributed by atoms with Crippen LogP contribution in [-0.2, 0) is 16.6 Å². The first-order valence-corrected chi connectivity index (χ1v) is 7.37. The predicted octanol–water partition coefficient (Wildman–Crippen LogP) is 0.366. The smallest absolute Gasteiger partial charge is 0.335 e. The molecule has 7 heteroatoms. The molecule has 0 aliphatic carbocycles. The van der Waals surface area contributed by atoms with E-state index < -0.39 is 16.0 Å². The lowest BCUT2D eigenvalue weighted by Crippen LogP contribution is -2.31. The van der Waals surface area contributed by atoms with Crippen molar-refractivity contribution in [2.24, 2.45) is 0 Å². The third kappa shape index (κ3) is 4.98. The number of carboxylic acids is 1. The van der Waals surface area contributed by atoms with Crippen LogP contribution in [0.3, 0.4) is 0 Å². The van der Waals surface area contributed by atoms with Gasteiger partial charge in [-0.15, -0.1) is 0 Å². The van der Waals surface area contributed by atoms with Crippen LogP contribution in [0.4, 0.5) is 0 Å². The predicted molar refractivity (Wildman–Crippen MR) is 72.6 cm³/mol. The summed E-state index contributed by atoms with van der Waals surface area (Å²) in [7, 11) is -0.178. The fourth-order valence-electron chi connectivity index (χ4n) is 1.38. The Balaban J connectivity index is 2.40. The molecular formula is C12H18N2O4S. The van der Waals surface area contributed by atoms with Crippen LogP contribution in [0.1, 0.15) is 15.9 Å². The number of hydrogen-bond acceptors (Lipinski definition) is 4. The van der Waals surface area contributed by atoms with E-state index in [4.69, 9.17) is 5.11 Å². The lowest BCUT2D eigenvalue weighted by atomic mass is 10.1. The van der Waals surface area contributed by atoms with Crippen LogP contribution in [0, 0.1) is 0 Å². The van der Waals surface area contributed by atoms with E-state index in [0.717, 1.165) is 5.56 Å². The van der Waals surface area contributed by atoms with Gasteiger partial charge in [0.15, 0.2) is 0 Å². The molecule has 0 aliphatic rings. The van der Waals surface area contributed by atoms with Gasteiger partial charge in [-0.05, 0) is 17.7 Å². The molecular weight excluding hydrogens is 268 g/mol. The molecule has 0 bridgehead atoms. The van der Waals surface area contributed by atoms with Crippen molar-refractivity contribution in [3.63, 3.8) is 0 Å². The van der Waals surface area contributed by atoms with Crippen molar-refractivity contribution in [2.75, 3.05) is 26.4 Å². The molecule has 0 saturated heterocycles. The van der Waals surface area contributed by atoms with Gasteiger partial charge in [-0.3, -0.25) is 0 Å². The summed E-state index contributed by atoms with van der Waals surface area (Å²) < 4.78 is 24.2. The molecule has 2 N–H and O–H groups in total. The molecule has 0 unspecified atom stereocenters. The number of aromatic carboxylic acids is 1. The number of hydrogen-bond donors (Lipinski definition) is 2. The van der Waals surface area contributed by atoms with E-state index in [9.17, 15) is 13.2 Å². The third-order valence-electron chi connectivity index (χ3n) is 2.62. The van der Waals surface area contributed by atoms with Crippen molar-refractivity contribution in [1.82, 2.24) is 9.62 Å². The molecule has 1 rings (SSSR count). The molecule has 0 aromatic heterocycles. The van der Waals surface area contributed by atoms with Gasteiger partial charge in [0.25, 0.3) is 0 Å². The van der Waals surface area contributed by atoms with Gasteiger partial charge in [-0.2, -0.15) is 0 Å². The van der Waals surface area contributed by atoms with Gasteiger partial charge in [-0.1, -0.05) is 12.1 Å². The van der Waals surface area contributed by atoms with Gasteiger partial charge in [0.2, 0.25) is 10.0 Å². The minimum absolute atomic E-state index is 0.0349. The monoisotopic (exact) mass is 286 g/mol. The molecule has 0 radical (unpaired) electrons. The molecule has 0 amide bonds. The fourth-order valence-corrected chi connectivity index (χ4v) is 2.15. The maximum atomic E-state index is 11.5. The van der Waals surface area contributed by atoms with Gasteiger partial charge in [0.1, 0.15) is 0 Å². The maximum Gasteiger partial charge on any atom is 0.335 e. The zero-order chi connectivity index (χ0) is 14.5. The van der Waals surface area contributed by atoms with Crippen LogP contribution >= 0.6 is 0 Å². The SMILES string of the molecule is CN(C)S(=O)(=O)CCNCc1ccc(C(=O)O)cc1. The van der Waals surface area contributed by atoms with Crippen molar-refractivity contribution in [1.29, 1.82) is 0 Å². The highest BCUT2D eigenvalue weighted by Gasteiger charge is 2.12. The van der Waals surface area contributed by atoms with Crippen LogP contribution in [0.5, 0.6) is 0 Å². The summed E-state index contributed by atoms with van der Waals surface area (Å²) in [6, 6.07) is 6.46. The second-order valence-electron chi connectivity index (χ2n) is 4.28. The Morgan fingerprint density at radius 1 is 1.26 bits per heavy atom. The lowest BCUT2D eigenvalue weighted by Gasteiger charge is -2.11. The average Bonchev–Trinajstić information content (AvgIpc) is 2.35. The Labute approximate surface area is 113 Å². The molecule has 19 heavy (non-hydrogen) atoms. The van der Waals surface area contributed by atoms with Crippen LogP contribution in [0.25, 0.3) is 0 Å². The van der Waals surface area contributed by atoms with Gasteiger partial charge >= 0.3 is 5.97 Å². The third-order valence-corrected chi connectivity index (χ3v) is 4.46. The Morgan fingerprint density at radius 3 is 2.32 bits per heavy atom. The summed E-state index contributed by atoms with van der Waals surface area (Å²) >= 11 is 0. The Morgan fingerprint density at radius 2 is 1.84 bits per heavy atom. The van der Waals surface area contributed by atoms with Crippen LogP contribution < -0.4 is 5.32 Å². The first-order chi connectivity index (χ1) is 8.83. The zero-order valence-electron chi connectivity index (χ0n) is 11.0. The average molecular weight is 286 g/mol. The molecule has 0 saturated carbocycles. The summed E-state index contributed by atoms with van der Waals surface area (Å²) in [5.74, 6) is -0.927. The largest absolute Gasteiger partial charge is 0.478 e. The van der Waals surface area contributed by atoms with E-state index >= 15 is 0 Å². The Hall–Kier alpha value is -1.44. The number of rotatable bonds is 7. The molecule has 1 aromatic carbocycles. The van der Waals surface area contributed by atoms with Crippen LogP contribution in [-0.4, -0.2) is 50.2 Å². The van der Waals surface area contributed by atoms with Crippen LogP contribution in [0.15, 0.2) is 24.3 Å². The Kier molecular flexibility index (Phi) is 5.46. The summed E-state index contributed by atoms with van der Waals surface area (Å²) in [6.45, 7) is 0.851. The number of sulfonamides is 1. The van der Waals surface area contributed by atoms with Gasteiger partial charge in [-0.25, -0.2) is 17.5 Å². The van der Waals surface area contributed by atoms with E-state index in [1.54, 1.807) is 12.1 Å². The van der Waals surface area contributed by atoms with Crippen molar-refractivity contribution in [3.8, 4) is 0 Å². The second-order valence-corrected chi connectivity index (χ2v) is 6.58. The second kappa shape index (κ2) is 6.65. The van der Waals surface area contributed by atoms with E-state index in [1.807, 2.05) is 0 Å². The minimum Gasteiger partial charge on any atom is -0.478 e. The van der Waals surface area contributed by atoms with Crippen molar-refractivity contribution < 1.29 is 18.3 Å². The number of carbonyl (C=O) groups is 1. The molecule has 1 aromatic rings. The quantitative estimate of drug-likeness (QED) is 0.707. The number of nitrogens with zero attached hydrogens (tertiary/aromatic N) is 1. The van der Waals surface area contributed by atoms with Crippen molar-refractivity contribution in [3.05, 3.63) is 35.4 Å².